The molecule has 128 valence electrons. The number of likely N-dealkylation sites (N-methyl/N-ethyl adjacent to an activating group) is 1. The van der Waals surface area contributed by atoms with Crippen molar-refractivity contribution in [2.24, 2.45) is 0 Å². The van der Waals surface area contributed by atoms with Crippen LogP contribution in [0.1, 0.15) is 5.56 Å². The van der Waals surface area contributed by atoms with Crippen molar-refractivity contribution in [1.82, 2.24) is 4.90 Å². The van der Waals surface area contributed by atoms with Gasteiger partial charge < -0.3 is 19.1 Å². The largest absolute Gasteiger partial charge is 0.493 e. The van der Waals surface area contributed by atoms with Crippen LogP contribution in [0.25, 0.3) is 0 Å². The third kappa shape index (κ3) is 5.19. The minimum absolute atomic E-state index is 0.0404. The van der Waals surface area contributed by atoms with Gasteiger partial charge >= 0.3 is 0 Å². The van der Waals surface area contributed by atoms with E-state index in [0.717, 1.165) is 11.3 Å². The standard InChI is InChI=1S/C19H23NO4/c1-15-9-10-17(18(13-15)22-3)24-14-19(21)20(2)11-12-23-16-7-5-4-6-8-16/h4-10,13H,11-12,14H2,1-3H3. The highest BCUT2D eigenvalue weighted by Crippen LogP contribution is 2.27. The van der Waals surface area contributed by atoms with Crippen LogP contribution in [-0.4, -0.2) is 44.7 Å². The molecule has 0 aliphatic rings. The van der Waals surface area contributed by atoms with Crippen LogP contribution in [-0.2, 0) is 4.79 Å². The topological polar surface area (TPSA) is 48.0 Å². The average Bonchev–Trinajstić information content (AvgIpc) is 2.61. The first-order chi connectivity index (χ1) is 11.6. The van der Waals surface area contributed by atoms with Crippen LogP contribution in [0.4, 0.5) is 0 Å². The number of hydrogen-bond acceptors (Lipinski definition) is 4. The zero-order chi connectivity index (χ0) is 17.4. The molecule has 0 bridgehead atoms. The van der Waals surface area contributed by atoms with Crippen molar-refractivity contribution in [2.45, 2.75) is 6.92 Å². The van der Waals surface area contributed by atoms with Crippen LogP contribution >= 0.6 is 0 Å². The number of amides is 1. The molecule has 0 aromatic heterocycles. The molecule has 0 aliphatic heterocycles. The van der Waals surface area contributed by atoms with Gasteiger partial charge in [-0.1, -0.05) is 24.3 Å². The Morgan fingerprint density at radius 3 is 2.50 bits per heavy atom. The molecule has 24 heavy (non-hydrogen) atoms. The van der Waals surface area contributed by atoms with E-state index in [4.69, 9.17) is 14.2 Å². The van der Waals surface area contributed by atoms with Gasteiger partial charge in [-0.15, -0.1) is 0 Å². The molecule has 0 saturated carbocycles. The van der Waals surface area contributed by atoms with Gasteiger partial charge in [0.2, 0.25) is 0 Å². The van der Waals surface area contributed by atoms with Gasteiger partial charge in [0.25, 0.3) is 5.91 Å². The lowest BCUT2D eigenvalue weighted by molar-refractivity contribution is -0.132. The smallest absolute Gasteiger partial charge is 0.260 e. The summed E-state index contributed by atoms with van der Waals surface area (Å²) >= 11 is 0. The maximum Gasteiger partial charge on any atom is 0.260 e. The van der Waals surface area contributed by atoms with Gasteiger partial charge in [0.1, 0.15) is 12.4 Å². The molecule has 5 heteroatoms. The van der Waals surface area contributed by atoms with E-state index in [0.29, 0.717) is 24.7 Å². The number of ether oxygens (including phenoxy) is 3. The van der Waals surface area contributed by atoms with Gasteiger partial charge in [0.05, 0.1) is 13.7 Å². The highest BCUT2D eigenvalue weighted by molar-refractivity contribution is 5.77. The van der Waals surface area contributed by atoms with Crippen LogP contribution in [0.2, 0.25) is 0 Å². The Balaban J connectivity index is 1.77. The van der Waals surface area contributed by atoms with Crippen LogP contribution in [0.3, 0.4) is 0 Å². The molecule has 0 saturated heterocycles. The molecule has 5 nitrogen and oxygen atoms in total. The Labute approximate surface area is 142 Å². The molecule has 2 aromatic carbocycles. The zero-order valence-electron chi connectivity index (χ0n) is 14.3. The van der Waals surface area contributed by atoms with Crippen molar-refractivity contribution in [3.8, 4) is 17.2 Å². The molecule has 0 spiro atoms. The number of rotatable bonds is 8. The highest BCUT2D eigenvalue weighted by atomic mass is 16.5. The van der Waals surface area contributed by atoms with Crippen LogP contribution in [0, 0.1) is 6.92 Å². The SMILES string of the molecule is COc1cc(C)ccc1OCC(=O)N(C)CCOc1ccccc1. The summed E-state index contributed by atoms with van der Waals surface area (Å²) in [5, 5.41) is 0. The van der Waals surface area contributed by atoms with Gasteiger partial charge in [-0.25, -0.2) is 0 Å². The maximum absolute atomic E-state index is 12.1. The fraction of sp³-hybridized carbons (Fsp3) is 0.316. The number of benzene rings is 2. The van der Waals surface area contributed by atoms with Gasteiger partial charge in [-0.05, 0) is 36.8 Å². The Morgan fingerprint density at radius 2 is 1.79 bits per heavy atom. The molecule has 0 unspecified atom stereocenters. The summed E-state index contributed by atoms with van der Waals surface area (Å²) in [5.74, 6) is 1.86. The summed E-state index contributed by atoms with van der Waals surface area (Å²) in [6.45, 7) is 2.85. The van der Waals surface area contributed by atoms with Crippen molar-refractivity contribution in [3.63, 3.8) is 0 Å². The third-order valence-electron chi connectivity index (χ3n) is 3.53. The molecular weight excluding hydrogens is 306 g/mol. The van der Waals surface area contributed by atoms with E-state index >= 15 is 0 Å². The molecule has 0 N–H and O–H groups in total. The quantitative estimate of drug-likeness (QED) is 0.747. The molecule has 0 fully saturated rings. The monoisotopic (exact) mass is 329 g/mol. The Bertz CT molecular complexity index is 658. The van der Waals surface area contributed by atoms with Crippen LogP contribution in [0.15, 0.2) is 48.5 Å². The molecule has 0 aliphatic carbocycles. The molecule has 2 rings (SSSR count). The predicted molar refractivity (Wildman–Crippen MR) is 92.8 cm³/mol. The Kier molecular flexibility index (Phi) is 6.49. The summed E-state index contributed by atoms with van der Waals surface area (Å²) in [4.78, 5) is 13.7. The van der Waals surface area contributed by atoms with Crippen molar-refractivity contribution >= 4 is 5.91 Å². The Morgan fingerprint density at radius 1 is 1.04 bits per heavy atom. The average molecular weight is 329 g/mol. The maximum atomic E-state index is 12.1. The minimum Gasteiger partial charge on any atom is -0.493 e. The molecule has 2 aromatic rings. The number of para-hydroxylation sites is 1. The van der Waals surface area contributed by atoms with E-state index in [1.165, 1.54) is 0 Å². The van der Waals surface area contributed by atoms with E-state index in [1.54, 1.807) is 25.1 Å². The molecule has 1 amide bonds. The number of hydrogen-bond donors (Lipinski definition) is 0. The summed E-state index contributed by atoms with van der Waals surface area (Å²) < 4.78 is 16.4. The van der Waals surface area contributed by atoms with Gasteiger partial charge in [-0.3, -0.25) is 4.79 Å². The van der Waals surface area contributed by atoms with Gasteiger partial charge in [0, 0.05) is 7.05 Å². The summed E-state index contributed by atoms with van der Waals surface area (Å²) in [7, 11) is 3.31. The summed E-state index contributed by atoms with van der Waals surface area (Å²) in [6, 6.07) is 15.1. The van der Waals surface area contributed by atoms with Crippen LogP contribution in [0.5, 0.6) is 17.2 Å². The van der Waals surface area contributed by atoms with Crippen molar-refractivity contribution in [3.05, 3.63) is 54.1 Å². The second-order valence-corrected chi connectivity index (χ2v) is 5.42. The van der Waals surface area contributed by atoms with E-state index in [1.807, 2.05) is 49.4 Å². The summed E-state index contributed by atoms with van der Waals surface area (Å²) in [6.07, 6.45) is 0. The van der Waals surface area contributed by atoms with Crippen molar-refractivity contribution in [1.29, 1.82) is 0 Å². The fourth-order valence-corrected chi connectivity index (χ4v) is 2.09. The number of nitrogens with zero attached hydrogens (tertiary/aromatic N) is 1. The fourth-order valence-electron chi connectivity index (χ4n) is 2.09. The second kappa shape index (κ2) is 8.82. The molecule has 0 radical (unpaired) electrons. The van der Waals surface area contributed by atoms with E-state index in [-0.39, 0.29) is 12.5 Å². The molecule has 0 heterocycles. The van der Waals surface area contributed by atoms with Gasteiger partial charge in [0.15, 0.2) is 18.1 Å². The second-order valence-electron chi connectivity index (χ2n) is 5.42. The first-order valence-corrected chi connectivity index (χ1v) is 7.79. The minimum atomic E-state index is -0.116. The van der Waals surface area contributed by atoms with Crippen LogP contribution < -0.4 is 14.2 Å². The highest BCUT2D eigenvalue weighted by Gasteiger charge is 2.12. The number of methoxy groups -OCH3 is 1. The van der Waals surface area contributed by atoms with E-state index in [9.17, 15) is 4.79 Å². The van der Waals surface area contributed by atoms with Gasteiger partial charge in [-0.2, -0.15) is 0 Å². The third-order valence-corrected chi connectivity index (χ3v) is 3.53. The normalized spacial score (nSPS) is 10.1. The first-order valence-electron chi connectivity index (χ1n) is 7.79. The molecular formula is C19H23NO4. The van der Waals surface area contributed by atoms with E-state index < -0.39 is 0 Å². The lowest BCUT2D eigenvalue weighted by atomic mass is 10.2. The zero-order valence-corrected chi connectivity index (χ0v) is 14.3. The van der Waals surface area contributed by atoms with Crippen molar-refractivity contribution in [2.75, 3.05) is 33.9 Å². The Hall–Kier alpha value is -2.69. The molecule has 0 atom stereocenters. The number of carbonyl (C=O) groups is 1. The van der Waals surface area contributed by atoms with Crippen molar-refractivity contribution < 1.29 is 19.0 Å². The number of aryl methyl sites for hydroxylation is 1. The van der Waals surface area contributed by atoms with E-state index in [2.05, 4.69) is 0 Å². The summed E-state index contributed by atoms with van der Waals surface area (Å²) in [5.41, 5.74) is 1.07. The number of carbonyl (C=O) groups excluding carboxylic acids is 1. The first kappa shape index (κ1) is 17.7. The lowest BCUT2D eigenvalue weighted by Crippen LogP contribution is -2.34. The predicted octanol–water partition coefficient (Wildman–Crippen LogP) is 2.92. The lowest BCUT2D eigenvalue weighted by Gasteiger charge is -2.18.